The number of fused-ring (bicyclic) bond motifs is 1. The van der Waals surface area contributed by atoms with Gasteiger partial charge in [0.25, 0.3) is 0 Å². The van der Waals surface area contributed by atoms with E-state index in [1.165, 1.54) is 6.33 Å². The van der Waals surface area contributed by atoms with E-state index in [-0.39, 0.29) is 6.04 Å². The first-order valence-corrected chi connectivity index (χ1v) is 8.67. The zero-order valence-electron chi connectivity index (χ0n) is 15.8. The monoisotopic (exact) mass is 366 g/mol. The van der Waals surface area contributed by atoms with Gasteiger partial charge in [-0.3, -0.25) is 0 Å². The van der Waals surface area contributed by atoms with Gasteiger partial charge in [0.15, 0.2) is 0 Å². The quantitative estimate of drug-likeness (QED) is 0.639. The van der Waals surface area contributed by atoms with E-state index in [0.717, 1.165) is 16.6 Å². The molecule has 0 aliphatic heterocycles. The second-order valence-electron chi connectivity index (χ2n) is 6.32. The summed E-state index contributed by atoms with van der Waals surface area (Å²) in [5, 5.41) is 4.02. The molecule has 2 aromatic rings. The molecule has 0 saturated heterocycles. The van der Waals surface area contributed by atoms with Crippen LogP contribution in [0.2, 0.25) is 5.15 Å². The average molecular weight is 367 g/mol. The number of hydrogen-bond acceptors (Lipinski definition) is 4. The third-order valence-corrected chi connectivity index (χ3v) is 3.46. The number of alkyl carbamates (subject to hydrolysis) is 1. The summed E-state index contributed by atoms with van der Waals surface area (Å²) in [7, 11) is 0. The van der Waals surface area contributed by atoms with Crippen molar-refractivity contribution in [2.24, 2.45) is 0 Å². The van der Waals surface area contributed by atoms with E-state index in [1.54, 1.807) is 6.08 Å². The van der Waals surface area contributed by atoms with Crippen molar-refractivity contribution in [1.82, 2.24) is 19.9 Å². The molecule has 2 aromatic heterocycles. The second-order valence-corrected chi connectivity index (χ2v) is 6.67. The maximum Gasteiger partial charge on any atom is 0.408 e. The Bertz CT molecular complexity index is 734. The summed E-state index contributed by atoms with van der Waals surface area (Å²) in [6.07, 6.45) is 4.53. The number of aromatic nitrogens is 3. The van der Waals surface area contributed by atoms with E-state index in [9.17, 15) is 4.79 Å². The summed E-state index contributed by atoms with van der Waals surface area (Å²) in [5.74, 6) is 0. The van der Waals surface area contributed by atoms with Gasteiger partial charge in [-0.05, 0) is 33.3 Å². The van der Waals surface area contributed by atoms with Crippen LogP contribution in [0.15, 0.2) is 25.2 Å². The molecule has 2 rings (SSSR count). The Morgan fingerprint density at radius 3 is 2.64 bits per heavy atom. The van der Waals surface area contributed by atoms with Crippen LogP contribution in [0.3, 0.4) is 0 Å². The molecule has 0 radical (unpaired) electrons. The molecular formula is C18H27ClN4O2. The molecule has 6 nitrogen and oxygen atoms in total. The van der Waals surface area contributed by atoms with Crippen LogP contribution in [-0.2, 0) is 11.3 Å². The van der Waals surface area contributed by atoms with E-state index in [4.69, 9.17) is 16.3 Å². The fraction of sp³-hybridized carbons (Fsp3) is 0.500. The normalized spacial score (nSPS) is 12.1. The molecule has 0 fully saturated rings. The Balaban J connectivity index is 0.00000151. The van der Waals surface area contributed by atoms with E-state index in [1.807, 2.05) is 52.3 Å². The summed E-state index contributed by atoms with van der Waals surface area (Å²) in [6.45, 7) is 15.6. The van der Waals surface area contributed by atoms with Crippen LogP contribution in [0.5, 0.6) is 0 Å². The molecule has 7 heteroatoms. The van der Waals surface area contributed by atoms with Gasteiger partial charge >= 0.3 is 6.09 Å². The minimum Gasteiger partial charge on any atom is -0.444 e. The Morgan fingerprint density at radius 2 is 2.08 bits per heavy atom. The third kappa shape index (κ3) is 5.74. The Labute approximate surface area is 154 Å². The topological polar surface area (TPSA) is 69.0 Å². The van der Waals surface area contributed by atoms with Crippen molar-refractivity contribution < 1.29 is 9.53 Å². The van der Waals surface area contributed by atoms with Crippen molar-refractivity contribution in [3.05, 3.63) is 35.9 Å². The van der Waals surface area contributed by atoms with Crippen LogP contribution in [0.1, 0.15) is 40.2 Å². The van der Waals surface area contributed by atoms with Gasteiger partial charge in [0.1, 0.15) is 22.7 Å². The van der Waals surface area contributed by atoms with Gasteiger partial charge in [0.2, 0.25) is 0 Å². The number of carbonyl (C=O) groups is 1. The molecule has 1 unspecified atom stereocenters. The lowest BCUT2D eigenvalue weighted by molar-refractivity contribution is 0.0511. The molecule has 1 atom stereocenters. The third-order valence-electron chi connectivity index (χ3n) is 3.18. The minimum absolute atomic E-state index is 0.298. The smallest absolute Gasteiger partial charge is 0.408 e. The summed E-state index contributed by atoms with van der Waals surface area (Å²) >= 11 is 6.13. The van der Waals surface area contributed by atoms with Crippen molar-refractivity contribution >= 4 is 28.7 Å². The number of carbonyl (C=O) groups excluding carboxylic acids is 1. The van der Waals surface area contributed by atoms with Gasteiger partial charge in [-0.25, -0.2) is 14.8 Å². The van der Waals surface area contributed by atoms with Gasteiger partial charge in [-0.2, -0.15) is 0 Å². The van der Waals surface area contributed by atoms with Crippen LogP contribution < -0.4 is 5.32 Å². The molecule has 0 aromatic carbocycles. The standard InChI is InChI=1S/C16H21ClN4O2.C2H6/c1-6-11(20-15(22)23-16(3,4)5)8-21-7-10(2)12-13(17)18-9-19-14(12)21;1-2/h6-7,9,11H,1,8H2,2-5H3,(H,20,22);1-2H3. The van der Waals surface area contributed by atoms with Gasteiger partial charge in [-0.1, -0.05) is 31.5 Å². The van der Waals surface area contributed by atoms with Gasteiger partial charge < -0.3 is 14.6 Å². The van der Waals surface area contributed by atoms with Crippen molar-refractivity contribution in [1.29, 1.82) is 0 Å². The predicted molar refractivity (Wildman–Crippen MR) is 102 cm³/mol. The average Bonchev–Trinajstić information content (AvgIpc) is 2.84. The lowest BCUT2D eigenvalue weighted by Gasteiger charge is -2.22. The molecule has 0 saturated carbocycles. The number of hydrogen-bond donors (Lipinski definition) is 1. The van der Waals surface area contributed by atoms with E-state index in [2.05, 4.69) is 21.9 Å². The highest BCUT2D eigenvalue weighted by Crippen LogP contribution is 2.24. The van der Waals surface area contributed by atoms with Crippen molar-refractivity contribution in [2.45, 2.75) is 59.7 Å². The van der Waals surface area contributed by atoms with Crippen LogP contribution >= 0.6 is 11.6 Å². The van der Waals surface area contributed by atoms with E-state index in [0.29, 0.717) is 11.7 Å². The number of amides is 1. The number of nitrogens with one attached hydrogen (secondary N) is 1. The largest absolute Gasteiger partial charge is 0.444 e. The number of halogens is 1. The highest BCUT2D eigenvalue weighted by Gasteiger charge is 2.19. The van der Waals surface area contributed by atoms with Crippen LogP contribution in [0.25, 0.3) is 11.0 Å². The fourth-order valence-electron chi connectivity index (χ4n) is 2.26. The SMILES string of the molecule is C=CC(Cn1cc(C)c2c(Cl)ncnc21)NC(=O)OC(C)(C)C.CC. The molecule has 25 heavy (non-hydrogen) atoms. The number of rotatable bonds is 4. The molecule has 0 bridgehead atoms. The lowest BCUT2D eigenvalue weighted by Crippen LogP contribution is -2.40. The van der Waals surface area contributed by atoms with Crippen LogP contribution in [-0.4, -0.2) is 32.3 Å². The maximum absolute atomic E-state index is 11.9. The van der Waals surface area contributed by atoms with Crippen LogP contribution in [0.4, 0.5) is 4.79 Å². The van der Waals surface area contributed by atoms with Crippen molar-refractivity contribution in [2.75, 3.05) is 0 Å². The minimum atomic E-state index is -0.548. The Morgan fingerprint density at radius 1 is 1.44 bits per heavy atom. The number of aryl methyl sites for hydroxylation is 1. The zero-order valence-corrected chi connectivity index (χ0v) is 16.5. The highest BCUT2D eigenvalue weighted by atomic mass is 35.5. The summed E-state index contributed by atoms with van der Waals surface area (Å²) in [6, 6.07) is -0.298. The Kier molecular flexibility index (Phi) is 7.42. The van der Waals surface area contributed by atoms with Gasteiger partial charge in [-0.15, -0.1) is 6.58 Å². The summed E-state index contributed by atoms with van der Waals surface area (Å²) in [4.78, 5) is 20.2. The predicted octanol–water partition coefficient (Wildman–Crippen LogP) is 4.50. The van der Waals surface area contributed by atoms with Crippen LogP contribution in [0, 0.1) is 6.92 Å². The first kappa shape index (κ1) is 21.0. The Hall–Kier alpha value is -2.08. The van der Waals surface area contributed by atoms with E-state index >= 15 is 0 Å². The molecular weight excluding hydrogens is 340 g/mol. The maximum atomic E-state index is 11.9. The molecule has 1 N–H and O–H groups in total. The highest BCUT2D eigenvalue weighted by molar-refractivity contribution is 6.34. The van der Waals surface area contributed by atoms with E-state index < -0.39 is 11.7 Å². The summed E-state index contributed by atoms with van der Waals surface area (Å²) < 4.78 is 7.18. The molecule has 1 amide bonds. The molecule has 0 aliphatic rings. The zero-order chi connectivity index (χ0) is 19.2. The molecule has 0 spiro atoms. The lowest BCUT2D eigenvalue weighted by atomic mass is 10.2. The molecule has 138 valence electrons. The molecule has 0 aliphatic carbocycles. The molecule has 2 heterocycles. The summed E-state index contributed by atoms with van der Waals surface area (Å²) in [5.41, 5.74) is 1.15. The first-order valence-electron chi connectivity index (χ1n) is 8.29. The fourth-order valence-corrected chi connectivity index (χ4v) is 2.54. The van der Waals surface area contributed by atoms with Gasteiger partial charge in [0, 0.05) is 12.7 Å². The number of nitrogens with zero attached hydrogens (tertiary/aromatic N) is 3. The second kappa shape index (κ2) is 8.85. The van der Waals surface area contributed by atoms with Crippen molar-refractivity contribution in [3.63, 3.8) is 0 Å². The van der Waals surface area contributed by atoms with Gasteiger partial charge in [0.05, 0.1) is 11.4 Å². The first-order chi connectivity index (χ1) is 11.7. The van der Waals surface area contributed by atoms with Crippen molar-refractivity contribution in [3.8, 4) is 0 Å². The number of ether oxygens (including phenoxy) is 1.